The Bertz CT molecular complexity index is 730. The van der Waals surface area contributed by atoms with Gasteiger partial charge in [-0.25, -0.2) is 0 Å². The van der Waals surface area contributed by atoms with Gasteiger partial charge in [-0.3, -0.25) is 9.59 Å². The SMILES string of the molecule is CCNC(=O)c1ccc(NC(=O)COc2ccc(C)cc2Br)cc1. The Morgan fingerprint density at radius 3 is 2.46 bits per heavy atom. The smallest absolute Gasteiger partial charge is 0.262 e. The number of hydrogen-bond donors (Lipinski definition) is 2. The number of ether oxygens (including phenoxy) is 1. The number of hydrogen-bond acceptors (Lipinski definition) is 3. The summed E-state index contributed by atoms with van der Waals surface area (Å²) in [5.74, 6) is 0.207. The molecule has 2 aromatic carbocycles. The van der Waals surface area contributed by atoms with Crippen LogP contribution in [-0.2, 0) is 4.79 Å². The van der Waals surface area contributed by atoms with Crippen LogP contribution in [0.25, 0.3) is 0 Å². The molecule has 0 saturated carbocycles. The maximum Gasteiger partial charge on any atom is 0.262 e. The van der Waals surface area contributed by atoms with Crippen molar-refractivity contribution >= 4 is 33.4 Å². The summed E-state index contributed by atoms with van der Waals surface area (Å²) in [7, 11) is 0. The summed E-state index contributed by atoms with van der Waals surface area (Å²) in [5, 5.41) is 5.45. The maximum absolute atomic E-state index is 12.0. The summed E-state index contributed by atoms with van der Waals surface area (Å²) in [5.41, 5.74) is 2.26. The summed E-state index contributed by atoms with van der Waals surface area (Å²) in [4.78, 5) is 23.6. The lowest BCUT2D eigenvalue weighted by Gasteiger charge is -2.10. The molecule has 0 spiro atoms. The van der Waals surface area contributed by atoms with Gasteiger partial charge in [0.05, 0.1) is 4.47 Å². The van der Waals surface area contributed by atoms with Gasteiger partial charge in [-0.1, -0.05) is 6.07 Å². The van der Waals surface area contributed by atoms with E-state index in [1.165, 1.54) is 0 Å². The predicted octanol–water partition coefficient (Wildman–Crippen LogP) is 3.52. The standard InChI is InChI=1S/C18H19BrN2O3/c1-3-20-18(23)13-5-7-14(8-6-13)21-17(22)11-24-16-9-4-12(2)10-15(16)19/h4-10H,3,11H2,1-2H3,(H,20,23)(H,21,22). The van der Waals surface area contributed by atoms with Crippen molar-refractivity contribution in [3.05, 3.63) is 58.1 Å². The monoisotopic (exact) mass is 390 g/mol. The number of anilines is 1. The van der Waals surface area contributed by atoms with Gasteiger partial charge >= 0.3 is 0 Å². The highest BCUT2D eigenvalue weighted by atomic mass is 79.9. The minimum atomic E-state index is -0.270. The van der Waals surface area contributed by atoms with Crippen molar-refractivity contribution < 1.29 is 14.3 Å². The molecule has 2 rings (SSSR count). The lowest BCUT2D eigenvalue weighted by Crippen LogP contribution is -2.23. The summed E-state index contributed by atoms with van der Waals surface area (Å²) in [6.07, 6.45) is 0. The molecule has 0 aromatic heterocycles. The number of halogens is 1. The fourth-order valence-corrected chi connectivity index (χ4v) is 2.64. The first-order valence-electron chi connectivity index (χ1n) is 7.56. The number of aryl methyl sites for hydroxylation is 1. The summed E-state index contributed by atoms with van der Waals surface area (Å²) >= 11 is 3.40. The lowest BCUT2D eigenvalue weighted by atomic mass is 10.2. The zero-order valence-corrected chi connectivity index (χ0v) is 15.1. The Kier molecular flexibility index (Phi) is 6.37. The van der Waals surface area contributed by atoms with E-state index in [4.69, 9.17) is 4.74 Å². The Morgan fingerprint density at radius 1 is 1.12 bits per heavy atom. The summed E-state index contributed by atoms with van der Waals surface area (Å²) in [6, 6.07) is 12.4. The second-order valence-electron chi connectivity index (χ2n) is 5.21. The van der Waals surface area contributed by atoms with Crippen LogP contribution in [0.3, 0.4) is 0 Å². The van der Waals surface area contributed by atoms with Crippen molar-refractivity contribution in [1.82, 2.24) is 5.32 Å². The average molecular weight is 391 g/mol. The van der Waals surface area contributed by atoms with Crippen molar-refractivity contribution in [1.29, 1.82) is 0 Å². The van der Waals surface area contributed by atoms with Gasteiger partial charge in [0, 0.05) is 17.8 Å². The van der Waals surface area contributed by atoms with Gasteiger partial charge in [-0.2, -0.15) is 0 Å². The van der Waals surface area contributed by atoms with E-state index in [9.17, 15) is 9.59 Å². The minimum absolute atomic E-state index is 0.0975. The Balaban J connectivity index is 1.89. The van der Waals surface area contributed by atoms with Crippen molar-refractivity contribution in [2.75, 3.05) is 18.5 Å². The number of benzene rings is 2. The predicted molar refractivity (Wildman–Crippen MR) is 97.5 cm³/mol. The van der Waals surface area contributed by atoms with Crippen LogP contribution in [-0.4, -0.2) is 25.0 Å². The number of nitrogens with one attached hydrogen (secondary N) is 2. The molecule has 24 heavy (non-hydrogen) atoms. The Labute approximate surface area is 149 Å². The molecule has 0 saturated heterocycles. The number of amides is 2. The van der Waals surface area contributed by atoms with E-state index in [0.29, 0.717) is 23.5 Å². The Morgan fingerprint density at radius 2 is 1.83 bits per heavy atom. The molecule has 2 aromatic rings. The van der Waals surface area contributed by atoms with Crippen LogP contribution >= 0.6 is 15.9 Å². The Hall–Kier alpha value is -2.34. The molecule has 0 heterocycles. The maximum atomic E-state index is 12.0. The molecule has 2 amide bonds. The van der Waals surface area contributed by atoms with Gasteiger partial charge < -0.3 is 15.4 Å². The lowest BCUT2D eigenvalue weighted by molar-refractivity contribution is -0.118. The van der Waals surface area contributed by atoms with Crippen molar-refractivity contribution in [2.24, 2.45) is 0 Å². The molecule has 0 aliphatic rings. The van der Waals surface area contributed by atoms with Crippen LogP contribution in [0.1, 0.15) is 22.8 Å². The van der Waals surface area contributed by atoms with Crippen LogP contribution in [0.5, 0.6) is 5.75 Å². The molecule has 0 unspecified atom stereocenters. The molecule has 0 atom stereocenters. The molecule has 0 radical (unpaired) electrons. The molecule has 0 aliphatic heterocycles. The highest BCUT2D eigenvalue weighted by Gasteiger charge is 2.08. The van der Waals surface area contributed by atoms with E-state index in [-0.39, 0.29) is 18.4 Å². The fourth-order valence-electron chi connectivity index (χ4n) is 2.03. The van der Waals surface area contributed by atoms with Crippen molar-refractivity contribution in [2.45, 2.75) is 13.8 Å². The van der Waals surface area contributed by atoms with E-state index in [0.717, 1.165) is 10.0 Å². The zero-order valence-electron chi connectivity index (χ0n) is 13.6. The third-order valence-corrected chi connectivity index (χ3v) is 3.83. The molecule has 5 nitrogen and oxygen atoms in total. The van der Waals surface area contributed by atoms with E-state index in [1.54, 1.807) is 24.3 Å². The summed E-state index contributed by atoms with van der Waals surface area (Å²) in [6.45, 7) is 4.31. The van der Waals surface area contributed by atoms with Crippen molar-refractivity contribution in [3.8, 4) is 5.75 Å². The van der Waals surface area contributed by atoms with Gasteiger partial charge in [-0.05, 0) is 71.7 Å². The second kappa shape index (κ2) is 8.49. The molecule has 0 bridgehead atoms. The van der Waals surface area contributed by atoms with Crippen LogP contribution in [0.4, 0.5) is 5.69 Å². The summed E-state index contributed by atoms with van der Waals surface area (Å²) < 4.78 is 6.30. The van der Waals surface area contributed by atoms with Gasteiger partial charge in [0.2, 0.25) is 0 Å². The molecule has 0 fully saturated rings. The molecule has 126 valence electrons. The van der Waals surface area contributed by atoms with Gasteiger partial charge in [0.25, 0.3) is 11.8 Å². The minimum Gasteiger partial charge on any atom is -0.483 e. The normalized spacial score (nSPS) is 10.1. The third kappa shape index (κ3) is 5.09. The molecular formula is C18H19BrN2O3. The van der Waals surface area contributed by atoms with E-state index in [2.05, 4.69) is 26.6 Å². The topological polar surface area (TPSA) is 67.4 Å². The van der Waals surface area contributed by atoms with Crippen LogP contribution < -0.4 is 15.4 Å². The number of rotatable bonds is 6. The largest absolute Gasteiger partial charge is 0.483 e. The van der Waals surface area contributed by atoms with Crippen molar-refractivity contribution in [3.63, 3.8) is 0 Å². The van der Waals surface area contributed by atoms with E-state index >= 15 is 0 Å². The highest BCUT2D eigenvalue weighted by molar-refractivity contribution is 9.10. The molecule has 0 aliphatic carbocycles. The van der Waals surface area contributed by atoms with E-state index < -0.39 is 0 Å². The van der Waals surface area contributed by atoms with Gasteiger partial charge in [-0.15, -0.1) is 0 Å². The molecular weight excluding hydrogens is 372 g/mol. The second-order valence-corrected chi connectivity index (χ2v) is 6.06. The fraction of sp³-hybridized carbons (Fsp3) is 0.222. The van der Waals surface area contributed by atoms with E-state index in [1.807, 2.05) is 32.0 Å². The first-order chi connectivity index (χ1) is 11.5. The first kappa shape index (κ1) is 18.0. The number of carbonyl (C=O) groups is 2. The van der Waals surface area contributed by atoms with Crippen LogP contribution in [0.2, 0.25) is 0 Å². The zero-order chi connectivity index (χ0) is 17.5. The van der Waals surface area contributed by atoms with Gasteiger partial charge in [0.15, 0.2) is 6.61 Å². The number of carbonyl (C=O) groups excluding carboxylic acids is 2. The molecule has 2 N–H and O–H groups in total. The molecule has 6 heteroatoms. The highest BCUT2D eigenvalue weighted by Crippen LogP contribution is 2.25. The first-order valence-corrected chi connectivity index (χ1v) is 8.36. The third-order valence-electron chi connectivity index (χ3n) is 3.21. The van der Waals surface area contributed by atoms with Crippen LogP contribution in [0, 0.1) is 6.92 Å². The average Bonchev–Trinajstić information content (AvgIpc) is 2.55. The van der Waals surface area contributed by atoms with Crippen LogP contribution in [0.15, 0.2) is 46.9 Å². The quantitative estimate of drug-likeness (QED) is 0.792. The van der Waals surface area contributed by atoms with Gasteiger partial charge in [0.1, 0.15) is 5.75 Å².